The molecule has 1 heterocycles. The lowest BCUT2D eigenvalue weighted by Gasteiger charge is -2.36. The number of non-ortho nitro benzene ring substituents is 1. The second-order valence-corrected chi connectivity index (χ2v) is 8.22. The maximum atomic E-state index is 13.3. The van der Waals surface area contributed by atoms with Crippen LogP contribution in [0.4, 0.5) is 5.69 Å². The zero-order valence-corrected chi connectivity index (χ0v) is 21.1. The van der Waals surface area contributed by atoms with Crippen molar-refractivity contribution >= 4 is 29.3 Å². The quantitative estimate of drug-likeness (QED) is 0.209. The van der Waals surface area contributed by atoms with Crippen molar-refractivity contribution in [1.82, 2.24) is 10.2 Å². The first kappa shape index (κ1) is 28.2. The van der Waals surface area contributed by atoms with Crippen LogP contribution in [-0.4, -0.2) is 60.8 Å². The van der Waals surface area contributed by atoms with Gasteiger partial charge in [0.2, 0.25) is 5.91 Å². The van der Waals surface area contributed by atoms with E-state index in [1.807, 2.05) is 0 Å². The third kappa shape index (κ3) is 6.55. The Morgan fingerprint density at radius 2 is 1.86 bits per heavy atom. The minimum absolute atomic E-state index is 0.0426. The van der Waals surface area contributed by atoms with Crippen LogP contribution in [-0.2, 0) is 28.7 Å². The molecule has 194 valence electrons. The van der Waals surface area contributed by atoms with Gasteiger partial charge in [0.05, 0.1) is 35.7 Å². The van der Waals surface area contributed by atoms with E-state index in [1.165, 1.54) is 32.2 Å². The molecule has 1 aromatic rings. The Labute approximate surface area is 209 Å². The molecule has 36 heavy (non-hydrogen) atoms. The molecule has 1 atom stereocenters. The number of carbonyl (C=O) groups is 4. The van der Waals surface area contributed by atoms with Crippen molar-refractivity contribution in [2.45, 2.75) is 46.0 Å². The Balaban J connectivity index is 2.65. The first-order valence-corrected chi connectivity index (χ1v) is 11.5. The number of allylic oxidation sites excluding steroid dienone is 2. The van der Waals surface area contributed by atoms with Gasteiger partial charge in [-0.2, -0.15) is 0 Å². The summed E-state index contributed by atoms with van der Waals surface area (Å²) >= 11 is 0. The summed E-state index contributed by atoms with van der Waals surface area (Å²) in [6.07, 6.45) is 0.435. The third-order valence-electron chi connectivity index (χ3n) is 5.87. The lowest BCUT2D eigenvalue weighted by Crippen LogP contribution is -2.35. The summed E-state index contributed by atoms with van der Waals surface area (Å²) in [7, 11) is 2.83. The molecule has 0 fully saturated rings. The molecule has 0 spiro atoms. The normalized spacial score (nSPS) is 15.5. The molecule has 1 aliphatic heterocycles. The molecule has 1 unspecified atom stereocenters. The molecule has 1 N–H and O–H groups in total. The van der Waals surface area contributed by atoms with E-state index >= 15 is 0 Å². The van der Waals surface area contributed by atoms with Gasteiger partial charge in [-0.25, -0.2) is 9.59 Å². The summed E-state index contributed by atoms with van der Waals surface area (Å²) in [6, 6.07) is 5.63. The Morgan fingerprint density at radius 3 is 2.44 bits per heavy atom. The number of ether oxygens (including phenoxy) is 2. The average molecular weight is 502 g/mol. The predicted molar refractivity (Wildman–Crippen MR) is 130 cm³/mol. The van der Waals surface area contributed by atoms with Crippen molar-refractivity contribution in [3.8, 4) is 0 Å². The smallest absolute Gasteiger partial charge is 0.336 e. The monoisotopic (exact) mass is 501 g/mol. The van der Waals surface area contributed by atoms with Crippen molar-refractivity contribution < 1.29 is 33.6 Å². The number of hydrogen-bond acceptors (Lipinski definition) is 9. The summed E-state index contributed by atoms with van der Waals surface area (Å²) in [4.78, 5) is 62.5. The van der Waals surface area contributed by atoms with Crippen LogP contribution < -0.4 is 5.32 Å². The number of nitro benzene ring substituents is 1. The highest BCUT2D eigenvalue weighted by Crippen LogP contribution is 2.44. The maximum absolute atomic E-state index is 13.3. The average Bonchev–Trinajstić information content (AvgIpc) is 2.84. The number of methoxy groups -OCH3 is 1. The number of nitrogens with one attached hydrogen (secondary N) is 1. The Morgan fingerprint density at radius 1 is 1.17 bits per heavy atom. The van der Waals surface area contributed by atoms with E-state index in [1.54, 1.807) is 31.9 Å². The molecule has 0 radical (unpaired) electrons. The van der Waals surface area contributed by atoms with Gasteiger partial charge in [-0.15, -0.1) is 0 Å². The number of esters is 2. The molecule has 0 aliphatic carbocycles. The number of nitrogens with zero attached hydrogens (tertiary/aromatic N) is 2. The van der Waals surface area contributed by atoms with Crippen LogP contribution in [0.15, 0.2) is 46.8 Å². The first-order valence-electron chi connectivity index (χ1n) is 11.5. The molecule has 11 heteroatoms. The van der Waals surface area contributed by atoms with E-state index in [2.05, 4.69) is 5.32 Å². The molecular formula is C25H31N3O8. The van der Waals surface area contributed by atoms with Crippen LogP contribution in [0.1, 0.15) is 51.5 Å². The summed E-state index contributed by atoms with van der Waals surface area (Å²) in [6.45, 7) is 5.05. The number of rotatable bonds is 11. The Kier molecular flexibility index (Phi) is 9.89. The fourth-order valence-corrected chi connectivity index (χ4v) is 4.09. The van der Waals surface area contributed by atoms with Crippen molar-refractivity contribution in [2.24, 2.45) is 0 Å². The molecule has 0 aromatic heterocycles. The largest absolute Gasteiger partial charge is 0.466 e. The minimum Gasteiger partial charge on any atom is -0.466 e. The molecule has 0 saturated carbocycles. The topological polar surface area (TPSA) is 145 Å². The summed E-state index contributed by atoms with van der Waals surface area (Å²) in [5.74, 6) is -2.88. The maximum Gasteiger partial charge on any atom is 0.336 e. The summed E-state index contributed by atoms with van der Waals surface area (Å²) in [5, 5.41) is 14.1. The van der Waals surface area contributed by atoms with Crippen molar-refractivity contribution in [2.75, 3.05) is 27.3 Å². The van der Waals surface area contributed by atoms with Gasteiger partial charge in [0, 0.05) is 56.9 Å². The van der Waals surface area contributed by atoms with E-state index in [0.717, 1.165) is 0 Å². The van der Waals surface area contributed by atoms with E-state index < -0.39 is 22.8 Å². The van der Waals surface area contributed by atoms with Gasteiger partial charge >= 0.3 is 11.9 Å². The van der Waals surface area contributed by atoms with Gasteiger partial charge in [0.1, 0.15) is 5.78 Å². The second-order valence-electron chi connectivity index (χ2n) is 8.22. The van der Waals surface area contributed by atoms with Gasteiger partial charge in [0.25, 0.3) is 5.69 Å². The van der Waals surface area contributed by atoms with E-state index in [9.17, 15) is 29.3 Å². The van der Waals surface area contributed by atoms with E-state index in [-0.39, 0.29) is 48.0 Å². The standard InChI is InChI=1S/C25H31N3O8/c1-6-36-25(32)23-20(14-19(30)11-8-12-26-16(3)29)27(4)15(2)21(24(31)35-5)22(23)17-9-7-10-18(13-17)28(33)34/h7,9-10,13,22H,6,8,11-12,14H2,1-5H3,(H,26,29). The number of ketones is 1. The molecular weight excluding hydrogens is 470 g/mol. The Hall–Kier alpha value is -4.02. The molecule has 0 saturated heterocycles. The number of Topliss-reactive ketones (excluding diaryl/α,β-unsaturated/α-hetero) is 1. The number of hydrogen-bond donors (Lipinski definition) is 1. The third-order valence-corrected chi connectivity index (χ3v) is 5.87. The number of nitro groups is 1. The van der Waals surface area contributed by atoms with Gasteiger partial charge in [-0.1, -0.05) is 12.1 Å². The first-order chi connectivity index (χ1) is 17.0. The molecule has 0 bridgehead atoms. The molecule has 11 nitrogen and oxygen atoms in total. The highest BCUT2D eigenvalue weighted by atomic mass is 16.6. The number of amides is 1. The molecule has 1 amide bonds. The van der Waals surface area contributed by atoms with E-state index in [0.29, 0.717) is 29.9 Å². The minimum atomic E-state index is -1.05. The van der Waals surface area contributed by atoms with Gasteiger partial charge in [-0.05, 0) is 25.8 Å². The molecule has 2 rings (SSSR count). The van der Waals surface area contributed by atoms with Gasteiger partial charge in [-0.3, -0.25) is 19.7 Å². The van der Waals surface area contributed by atoms with Crippen molar-refractivity contribution in [3.05, 3.63) is 62.5 Å². The van der Waals surface area contributed by atoms with Crippen LogP contribution in [0.25, 0.3) is 0 Å². The zero-order valence-electron chi connectivity index (χ0n) is 21.1. The summed E-state index contributed by atoms with van der Waals surface area (Å²) in [5.41, 5.74) is 1.03. The zero-order chi connectivity index (χ0) is 27.0. The van der Waals surface area contributed by atoms with Gasteiger partial charge in [0.15, 0.2) is 0 Å². The predicted octanol–water partition coefficient (Wildman–Crippen LogP) is 2.76. The fourth-order valence-electron chi connectivity index (χ4n) is 4.09. The molecule has 1 aliphatic rings. The lowest BCUT2D eigenvalue weighted by molar-refractivity contribution is -0.384. The Bertz CT molecular complexity index is 1120. The SMILES string of the molecule is CCOC(=O)C1=C(CC(=O)CCCNC(C)=O)N(C)C(C)=C(C(=O)OC)C1c1cccc([N+](=O)[O-])c1. The fraction of sp³-hybridized carbons (Fsp3) is 0.440. The van der Waals surface area contributed by atoms with Crippen LogP contribution in [0, 0.1) is 10.1 Å². The number of benzene rings is 1. The van der Waals surface area contributed by atoms with Crippen LogP contribution >= 0.6 is 0 Å². The lowest BCUT2D eigenvalue weighted by atomic mass is 9.78. The van der Waals surface area contributed by atoms with Crippen LogP contribution in [0.2, 0.25) is 0 Å². The second kappa shape index (κ2) is 12.6. The summed E-state index contributed by atoms with van der Waals surface area (Å²) < 4.78 is 10.3. The number of carbonyl (C=O) groups excluding carboxylic acids is 4. The van der Waals surface area contributed by atoms with Gasteiger partial charge < -0.3 is 19.7 Å². The highest BCUT2D eigenvalue weighted by Gasteiger charge is 2.41. The van der Waals surface area contributed by atoms with Crippen LogP contribution in [0.3, 0.4) is 0 Å². The van der Waals surface area contributed by atoms with Crippen molar-refractivity contribution in [1.29, 1.82) is 0 Å². The van der Waals surface area contributed by atoms with Crippen LogP contribution in [0.5, 0.6) is 0 Å². The van der Waals surface area contributed by atoms with Crippen molar-refractivity contribution in [3.63, 3.8) is 0 Å². The van der Waals surface area contributed by atoms with E-state index in [4.69, 9.17) is 9.47 Å². The molecule has 1 aromatic carbocycles. The highest BCUT2D eigenvalue weighted by molar-refractivity contribution is 6.00.